The highest BCUT2D eigenvalue weighted by Gasteiger charge is 2.32. The van der Waals surface area contributed by atoms with Gasteiger partial charge in [-0.1, -0.05) is 36.8 Å². The van der Waals surface area contributed by atoms with E-state index in [1.165, 1.54) is 35.2 Å². The van der Waals surface area contributed by atoms with Crippen molar-refractivity contribution in [2.75, 3.05) is 19.6 Å². The Kier molecular flexibility index (Phi) is 8.27. The minimum atomic E-state index is -3.71. The molecule has 0 unspecified atom stereocenters. The molecule has 2 fully saturated rings. The highest BCUT2D eigenvalue weighted by Crippen LogP contribution is 2.23. The highest BCUT2D eigenvalue weighted by molar-refractivity contribution is 7.89. The molecule has 3 atom stereocenters. The third-order valence-electron chi connectivity index (χ3n) is 6.99. The zero-order valence-electron chi connectivity index (χ0n) is 20.9. The van der Waals surface area contributed by atoms with Gasteiger partial charge in [0.25, 0.3) is 5.91 Å². The maximum atomic E-state index is 13.2. The molecule has 2 aromatic rings. The van der Waals surface area contributed by atoms with E-state index in [0.29, 0.717) is 31.2 Å². The number of hydrogen-bond acceptors (Lipinski definition) is 5. The first-order valence-corrected chi connectivity index (χ1v) is 14.0. The monoisotopic (exact) mass is 499 g/mol. The number of likely N-dealkylation sites (tertiary alicyclic amines) is 1. The normalized spacial score (nSPS) is 24.3. The molecule has 4 rings (SSSR count). The Balaban J connectivity index is 1.44. The minimum absolute atomic E-state index is 0.130. The molecule has 0 saturated carbocycles. The molecule has 0 aliphatic carbocycles. The minimum Gasteiger partial charge on any atom is -0.373 e. The molecule has 0 radical (unpaired) electrons. The molecule has 2 aliphatic heterocycles. The average Bonchev–Trinajstić information content (AvgIpc) is 2.84. The summed E-state index contributed by atoms with van der Waals surface area (Å²) in [7, 11) is -3.71. The third-order valence-corrected chi connectivity index (χ3v) is 8.82. The second-order valence-electron chi connectivity index (χ2n) is 9.87. The van der Waals surface area contributed by atoms with Gasteiger partial charge in [-0.3, -0.25) is 9.69 Å². The van der Waals surface area contributed by atoms with Crippen molar-refractivity contribution in [1.29, 1.82) is 0 Å². The standard InChI is InChI=1S/C27H37N3O4S/c1-20-9-6-7-14-29(20)19-25-11-5-4-10-24(25)16-28-27(31)23-12-8-13-26(15-23)35(32,33)30-17-21(2)34-22(3)18-30/h4-5,8,10-13,15,20-22H,6-7,9,14,16-19H2,1-3H3,(H,28,31)/t20-,21-,22-/m1/s1. The second-order valence-corrected chi connectivity index (χ2v) is 11.8. The lowest BCUT2D eigenvalue weighted by Gasteiger charge is -2.34. The Labute approximate surface area is 209 Å². The second kappa shape index (κ2) is 11.2. The number of ether oxygens (including phenoxy) is 1. The van der Waals surface area contributed by atoms with Gasteiger partial charge in [-0.2, -0.15) is 4.31 Å². The summed E-state index contributed by atoms with van der Waals surface area (Å²) in [6.07, 6.45) is 3.39. The van der Waals surface area contributed by atoms with E-state index in [0.717, 1.165) is 18.7 Å². The molecule has 2 aromatic carbocycles. The summed E-state index contributed by atoms with van der Waals surface area (Å²) in [4.78, 5) is 15.6. The average molecular weight is 500 g/mol. The lowest BCUT2D eigenvalue weighted by Crippen LogP contribution is -2.48. The molecule has 0 spiro atoms. The molecule has 0 bridgehead atoms. The maximum absolute atomic E-state index is 13.2. The number of rotatable bonds is 7. The molecule has 0 aromatic heterocycles. The molecule has 7 nitrogen and oxygen atoms in total. The quantitative estimate of drug-likeness (QED) is 0.627. The Hall–Kier alpha value is -2.26. The van der Waals surface area contributed by atoms with Gasteiger partial charge in [0.15, 0.2) is 0 Å². The Bertz CT molecular complexity index is 1130. The molecular weight excluding hydrogens is 462 g/mol. The number of nitrogens with zero attached hydrogens (tertiary/aromatic N) is 2. The van der Waals surface area contributed by atoms with Crippen molar-refractivity contribution in [2.45, 2.75) is 76.3 Å². The molecule has 2 aliphatic rings. The SMILES string of the molecule is C[C@@H]1CN(S(=O)(=O)c2cccc(C(=O)NCc3ccccc3CN3CCCC[C@H]3C)c2)C[C@@H](C)O1. The number of nitrogens with one attached hydrogen (secondary N) is 1. The van der Waals surface area contributed by atoms with Gasteiger partial charge in [0, 0.05) is 37.8 Å². The van der Waals surface area contributed by atoms with E-state index in [1.54, 1.807) is 18.2 Å². The highest BCUT2D eigenvalue weighted by atomic mass is 32.2. The fraction of sp³-hybridized carbons (Fsp3) is 0.519. The Morgan fingerprint density at radius 1 is 1.00 bits per heavy atom. The zero-order chi connectivity index (χ0) is 25.0. The Morgan fingerprint density at radius 3 is 2.43 bits per heavy atom. The number of benzene rings is 2. The van der Waals surface area contributed by atoms with Crippen LogP contribution in [0.2, 0.25) is 0 Å². The summed E-state index contributed by atoms with van der Waals surface area (Å²) in [5.41, 5.74) is 2.63. The lowest BCUT2D eigenvalue weighted by molar-refractivity contribution is -0.0440. The maximum Gasteiger partial charge on any atom is 0.251 e. The summed E-state index contributed by atoms with van der Waals surface area (Å²) < 4.78 is 33.6. The van der Waals surface area contributed by atoms with Crippen LogP contribution in [-0.2, 0) is 27.8 Å². The number of morpholine rings is 1. The van der Waals surface area contributed by atoms with Crippen LogP contribution in [0.3, 0.4) is 0 Å². The van der Waals surface area contributed by atoms with Crippen LogP contribution in [0, 0.1) is 0 Å². The van der Waals surface area contributed by atoms with Gasteiger partial charge in [0.2, 0.25) is 10.0 Å². The van der Waals surface area contributed by atoms with Gasteiger partial charge in [0.1, 0.15) is 0 Å². The van der Waals surface area contributed by atoms with Gasteiger partial charge < -0.3 is 10.1 Å². The smallest absolute Gasteiger partial charge is 0.251 e. The van der Waals surface area contributed by atoms with Crippen molar-refractivity contribution in [2.24, 2.45) is 0 Å². The number of amides is 1. The van der Waals surface area contributed by atoms with E-state index in [4.69, 9.17) is 4.74 Å². The molecule has 1 N–H and O–H groups in total. The summed E-state index contributed by atoms with van der Waals surface area (Å²) in [6.45, 7) is 8.99. The van der Waals surface area contributed by atoms with E-state index in [9.17, 15) is 13.2 Å². The number of piperidine rings is 1. The van der Waals surface area contributed by atoms with E-state index < -0.39 is 10.0 Å². The number of hydrogen-bond donors (Lipinski definition) is 1. The summed E-state index contributed by atoms with van der Waals surface area (Å²) >= 11 is 0. The van der Waals surface area contributed by atoms with E-state index >= 15 is 0 Å². The largest absolute Gasteiger partial charge is 0.373 e. The van der Waals surface area contributed by atoms with Crippen LogP contribution in [0.15, 0.2) is 53.4 Å². The van der Waals surface area contributed by atoms with Crippen molar-refractivity contribution < 1.29 is 17.9 Å². The van der Waals surface area contributed by atoms with Crippen LogP contribution in [0.5, 0.6) is 0 Å². The van der Waals surface area contributed by atoms with Crippen molar-refractivity contribution in [3.63, 3.8) is 0 Å². The van der Waals surface area contributed by atoms with Gasteiger partial charge in [-0.15, -0.1) is 0 Å². The molecule has 2 saturated heterocycles. The van der Waals surface area contributed by atoms with E-state index in [2.05, 4.69) is 23.2 Å². The van der Waals surface area contributed by atoms with Crippen molar-refractivity contribution in [1.82, 2.24) is 14.5 Å². The van der Waals surface area contributed by atoms with Crippen LogP contribution in [-0.4, -0.2) is 61.4 Å². The van der Waals surface area contributed by atoms with Crippen LogP contribution >= 0.6 is 0 Å². The van der Waals surface area contributed by atoms with Gasteiger partial charge in [0.05, 0.1) is 17.1 Å². The predicted molar refractivity (Wildman–Crippen MR) is 137 cm³/mol. The molecule has 1 amide bonds. The van der Waals surface area contributed by atoms with E-state index in [-0.39, 0.29) is 23.0 Å². The summed E-state index contributed by atoms with van der Waals surface area (Å²) in [5, 5.41) is 2.99. The van der Waals surface area contributed by atoms with Gasteiger partial charge >= 0.3 is 0 Å². The summed E-state index contributed by atoms with van der Waals surface area (Å²) in [5.74, 6) is -0.285. The van der Waals surface area contributed by atoms with Crippen LogP contribution in [0.4, 0.5) is 0 Å². The van der Waals surface area contributed by atoms with Crippen molar-refractivity contribution in [3.05, 3.63) is 65.2 Å². The first kappa shape index (κ1) is 25.8. The lowest BCUT2D eigenvalue weighted by atomic mass is 10.0. The fourth-order valence-corrected chi connectivity index (χ4v) is 6.68. The first-order chi connectivity index (χ1) is 16.7. The summed E-state index contributed by atoms with van der Waals surface area (Å²) in [6, 6.07) is 15.1. The van der Waals surface area contributed by atoms with Crippen molar-refractivity contribution in [3.8, 4) is 0 Å². The van der Waals surface area contributed by atoms with Crippen molar-refractivity contribution >= 4 is 15.9 Å². The topological polar surface area (TPSA) is 79.0 Å². The van der Waals surface area contributed by atoms with E-state index in [1.807, 2.05) is 32.0 Å². The third kappa shape index (κ3) is 6.30. The molecule has 190 valence electrons. The van der Waals surface area contributed by atoms with Crippen LogP contribution in [0.25, 0.3) is 0 Å². The fourth-order valence-electron chi connectivity index (χ4n) is 5.05. The van der Waals surface area contributed by atoms with Gasteiger partial charge in [-0.25, -0.2) is 8.42 Å². The number of carbonyl (C=O) groups is 1. The molecular formula is C27H37N3O4S. The molecule has 35 heavy (non-hydrogen) atoms. The van der Waals surface area contributed by atoms with Crippen LogP contribution in [0.1, 0.15) is 61.5 Å². The predicted octanol–water partition coefficient (Wildman–Crippen LogP) is 3.79. The zero-order valence-corrected chi connectivity index (χ0v) is 21.8. The number of sulfonamides is 1. The number of carbonyl (C=O) groups excluding carboxylic acids is 1. The first-order valence-electron chi connectivity index (χ1n) is 12.6. The Morgan fingerprint density at radius 2 is 1.71 bits per heavy atom. The van der Waals surface area contributed by atoms with Gasteiger partial charge in [-0.05, 0) is 69.5 Å². The molecule has 8 heteroatoms. The molecule has 2 heterocycles. The van der Waals surface area contributed by atoms with Crippen LogP contribution < -0.4 is 5.32 Å².